The molecule has 1 amide bonds. The number of anilines is 1. The second kappa shape index (κ2) is 8.34. The van der Waals surface area contributed by atoms with Crippen LogP contribution in [0.3, 0.4) is 0 Å². The predicted octanol–water partition coefficient (Wildman–Crippen LogP) is 3.51. The van der Waals surface area contributed by atoms with Gasteiger partial charge in [0.1, 0.15) is 16.5 Å². The van der Waals surface area contributed by atoms with E-state index in [1.165, 1.54) is 44.5 Å². The number of amides is 1. The van der Waals surface area contributed by atoms with Crippen molar-refractivity contribution in [2.24, 2.45) is 0 Å². The highest BCUT2D eigenvalue weighted by molar-refractivity contribution is 9.10. The molecular formula is C16H15BrClFN2O4S. The maximum Gasteiger partial charge on any atom is 0.247 e. The maximum absolute atomic E-state index is 13.8. The Hall–Kier alpha value is -1.68. The molecule has 0 aliphatic carbocycles. The number of likely N-dealkylation sites (N-methyl/N-ethyl adjacent to an activating group) is 1. The second-order valence-electron chi connectivity index (χ2n) is 5.23. The van der Waals surface area contributed by atoms with Gasteiger partial charge in [0.25, 0.3) is 0 Å². The van der Waals surface area contributed by atoms with Crippen molar-refractivity contribution in [1.82, 2.24) is 4.31 Å². The quantitative estimate of drug-likeness (QED) is 0.708. The van der Waals surface area contributed by atoms with Crippen molar-refractivity contribution in [3.05, 3.63) is 51.7 Å². The molecule has 10 heteroatoms. The van der Waals surface area contributed by atoms with Gasteiger partial charge in [-0.05, 0) is 36.4 Å². The predicted molar refractivity (Wildman–Crippen MR) is 101 cm³/mol. The number of nitrogens with zero attached hydrogens (tertiary/aromatic N) is 1. The Morgan fingerprint density at radius 1 is 1.31 bits per heavy atom. The van der Waals surface area contributed by atoms with Crippen LogP contribution >= 0.6 is 27.5 Å². The zero-order chi connectivity index (χ0) is 19.5. The molecule has 2 aromatic carbocycles. The van der Waals surface area contributed by atoms with Gasteiger partial charge in [0, 0.05) is 16.5 Å². The molecule has 0 fully saturated rings. The van der Waals surface area contributed by atoms with Gasteiger partial charge < -0.3 is 10.1 Å². The third-order valence-electron chi connectivity index (χ3n) is 3.39. The summed E-state index contributed by atoms with van der Waals surface area (Å²) in [5, 5.41) is 2.54. The van der Waals surface area contributed by atoms with E-state index >= 15 is 0 Å². The number of hydrogen-bond acceptors (Lipinski definition) is 4. The minimum absolute atomic E-state index is 0.0515. The van der Waals surface area contributed by atoms with Gasteiger partial charge in [-0.25, -0.2) is 12.8 Å². The second-order valence-corrected chi connectivity index (χ2v) is 8.59. The SMILES string of the molecule is COc1ccc(Cl)cc1S(=O)(=O)N(C)CC(=O)Nc1ccc(Br)cc1F. The van der Waals surface area contributed by atoms with Gasteiger partial charge >= 0.3 is 0 Å². The molecule has 0 saturated carbocycles. The van der Waals surface area contributed by atoms with Crippen LogP contribution in [0.4, 0.5) is 10.1 Å². The first-order valence-electron chi connectivity index (χ1n) is 7.20. The standard InChI is InChI=1S/C16H15BrClFN2O4S/c1-21(9-16(22)20-13-5-3-10(17)7-12(13)19)26(23,24)15-8-11(18)4-6-14(15)25-2/h3-8H,9H2,1-2H3,(H,20,22). The summed E-state index contributed by atoms with van der Waals surface area (Å²) in [7, 11) is -1.49. The molecule has 2 aromatic rings. The summed E-state index contributed by atoms with van der Waals surface area (Å²) in [6.45, 7) is -0.520. The van der Waals surface area contributed by atoms with E-state index in [1.54, 1.807) is 6.07 Å². The topological polar surface area (TPSA) is 75.7 Å². The number of carbonyl (C=O) groups is 1. The van der Waals surface area contributed by atoms with Crippen LogP contribution in [0.5, 0.6) is 5.75 Å². The normalized spacial score (nSPS) is 11.5. The largest absolute Gasteiger partial charge is 0.495 e. The first kappa shape index (κ1) is 20.6. The van der Waals surface area contributed by atoms with E-state index in [1.807, 2.05) is 0 Å². The summed E-state index contributed by atoms with van der Waals surface area (Å²) in [5.74, 6) is -1.24. The van der Waals surface area contributed by atoms with E-state index < -0.39 is 28.3 Å². The number of benzene rings is 2. The van der Waals surface area contributed by atoms with Crippen molar-refractivity contribution in [2.45, 2.75) is 4.90 Å². The molecule has 0 saturated heterocycles. The van der Waals surface area contributed by atoms with Crippen molar-refractivity contribution >= 4 is 49.1 Å². The summed E-state index contributed by atoms with van der Waals surface area (Å²) in [5.41, 5.74) is -0.0515. The summed E-state index contributed by atoms with van der Waals surface area (Å²) >= 11 is 8.98. The van der Waals surface area contributed by atoms with Crippen LogP contribution in [0.15, 0.2) is 45.8 Å². The fraction of sp³-hybridized carbons (Fsp3) is 0.188. The lowest BCUT2D eigenvalue weighted by Gasteiger charge is -2.19. The number of halogens is 3. The Labute approximate surface area is 164 Å². The minimum atomic E-state index is -4.05. The number of sulfonamides is 1. The Kier molecular flexibility index (Phi) is 6.62. The summed E-state index contributed by atoms with van der Waals surface area (Å²) in [6.07, 6.45) is 0. The van der Waals surface area contributed by atoms with Crippen LogP contribution in [0.25, 0.3) is 0 Å². The zero-order valence-electron chi connectivity index (χ0n) is 13.8. The molecule has 1 N–H and O–H groups in total. The molecule has 0 heterocycles. The Bertz CT molecular complexity index is 940. The number of ether oxygens (including phenoxy) is 1. The number of hydrogen-bond donors (Lipinski definition) is 1. The van der Waals surface area contributed by atoms with Crippen molar-refractivity contribution in [3.63, 3.8) is 0 Å². The lowest BCUT2D eigenvalue weighted by Crippen LogP contribution is -2.35. The Morgan fingerprint density at radius 2 is 2.00 bits per heavy atom. The van der Waals surface area contributed by atoms with E-state index in [9.17, 15) is 17.6 Å². The Balaban J connectivity index is 2.19. The molecule has 0 atom stereocenters. The first-order chi connectivity index (χ1) is 12.1. The fourth-order valence-electron chi connectivity index (χ4n) is 2.09. The van der Waals surface area contributed by atoms with Crippen molar-refractivity contribution in [2.75, 3.05) is 26.0 Å². The minimum Gasteiger partial charge on any atom is -0.495 e. The van der Waals surface area contributed by atoms with E-state index in [2.05, 4.69) is 21.2 Å². The van der Waals surface area contributed by atoms with E-state index in [0.717, 1.165) is 4.31 Å². The molecular weight excluding hydrogens is 451 g/mol. The number of rotatable bonds is 6. The molecule has 2 rings (SSSR count). The van der Waals surface area contributed by atoms with Crippen molar-refractivity contribution in [1.29, 1.82) is 0 Å². The highest BCUT2D eigenvalue weighted by atomic mass is 79.9. The van der Waals surface area contributed by atoms with Gasteiger partial charge in [0.2, 0.25) is 15.9 Å². The molecule has 0 aliphatic heterocycles. The van der Waals surface area contributed by atoms with Gasteiger partial charge in [-0.15, -0.1) is 0 Å². The van der Waals surface area contributed by atoms with Crippen LogP contribution in [0, 0.1) is 5.82 Å². The van der Waals surface area contributed by atoms with Crippen molar-refractivity contribution < 1.29 is 22.3 Å². The monoisotopic (exact) mass is 464 g/mol. The van der Waals surface area contributed by atoms with Crippen LogP contribution in [0.2, 0.25) is 5.02 Å². The lowest BCUT2D eigenvalue weighted by atomic mass is 10.3. The van der Waals surface area contributed by atoms with Crippen LogP contribution in [-0.4, -0.2) is 39.3 Å². The number of nitrogens with one attached hydrogen (secondary N) is 1. The molecule has 0 aliphatic rings. The molecule has 140 valence electrons. The van der Waals surface area contributed by atoms with Gasteiger partial charge in [-0.1, -0.05) is 27.5 Å². The number of methoxy groups -OCH3 is 1. The van der Waals surface area contributed by atoms with Crippen LogP contribution in [0.1, 0.15) is 0 Å². The fourth-order valence-corrected chi connectivity index (χ4v) is 3.96. The zero-order valence-corrected chi connectivity index (χ0v) is 17.0. The lowest BCUT2D eigenvalue weighted by molar-refractivity contribution is -0.116. The molecule has 0 unspecified atom stereocenters. The molecule has 6 nitrogen and oxygen atoms in total. The average Bonchev–Trinajstić information content (AvgIpc) is 2.57. The molecule has 0 bridgehead atoms. The summed E-state index contributed by atoms with van der Waals surface area (Å²) in [4.78, 5) is 11.9. The summed E-state index contributed by atoms with van der Waals surface area (Å²) < 4.78 is 45.6. The molecule has 0 aromatic heterocycles. The van der Waals surface area contributed by atoms with E-state index in [0.29, 0.717) is 4.47 Å². The van der Waals surface area contributed by atoms with Crippen LogP contribution in [-0.2, 0) is 14.8 Å². The first-order valence-corrected chi connectivity index (χ1v) is 9.81. The average molecular weight is 466 g/mol. The van der Waals surface area contributed by atoms with E-state index in [4.69, 9.17) is 16.3 Å². The molecule has 0 radical (unpaired) electrons. The highest BCUT2D eigenvalue weighted by Gasteiger charge is 2.27. The van der Waals surface area contributed by atoms with Crippen molar-refractivity contribution in [3.8, 4) is 5.75 Å². The van der Waals surface area contributed by atoms with Gasteiger partial charge in [-0.3, -0.25) is 4.79 Å². The van der Waals surface area contributed by atoms with Gasteiger partial charge in [-0.2, -0.15) is 4.31 Å². The maximum atomic E-state index is 13.8. The third kappa shape index (κ3) is 4.73. The third-order valence-corrected chi connectivity index (χ3v) is 5.94. The van der Waals surface area contributed by atoms with Gasteiger partial charge in [0.05, 0.1) is 19.3 Å². The molecule has 26 heavy (non-hydrogen) atoms. The smallest absolute Gasteiger partial charge is 0.247 e. The number of carbonyl (C=O) groups excluding carboxylic acids is 1. The summed E-state index contributed by atoms with van der Waals surface area (Å²) in [6, 6.07) is 8.25. The Morgan fingerprint density at radius 3 is 2.62 bits per heavy atom. The van der Waals surface area contributed by atoms with Gasteiger partial charge in [0.15, 0.2) is 0 Å². The van der Waals surface area contributed by atoms with E-state index in [-0.39, 0.29) is 21.4 Å². The highest BCUT2D eigenvalue weighted by Crippen LogP contribution is 2.29. The van der Waals surface area contributed by atoms with Crippen LogP contribution < -0.4 is 10.1 Å². The molecule has 0 spiro atoms.